The first-order valence-electron chi connectivity index (χ1n) is 12.4. The van der Waals surface area contributed by atoms with E-state index in [1.165, 1.54) is 4.90 Å². The first-order valence-corrected chi connectivity index (χ1v) is 12.4. The third-order valence-corrected chi connectivity index (χ3v) is 6.94. The standard InChI is InChI=1S/C31H32N2O4/c1-22-19-23(16-17-28(22)37-3)11-10-18-32(2)26-20-27(31(35)36)33(21-26)30(34)29(24-12-6-4-7-13-24)25-14-8-5-9-15-25/h4-9,12-17,19,26-27,29H,18,20-21H2,1-3H3,(H,35,36). The van der Waals surface area contributed by atoms with Crippen LogP contribution in [0.1, 0.15) is 34.6 Å². The molecule has 0 bridgehead atoms. The second-order valence-corrected chi connectivity index (χ2v) is 9.39. The first kappa shape index (κ1) is 26.0. The molecule has 1 heterocycles. The predicted molar refractivity (Wildman–Crippen MR) is 144 cm³/mol. The highest BCUT2D eigenvalue weighted by Gasteiger charge is 2.43. The molecule has 0 aromatic heterocycles. The number of amides is 1. The minimum absolute atomic E-state index is 0.107. The van der Waals surface area contributed by atoms with Crippen LogP contribution in [0.2, 0.25) is 0 Å². The summed E-state index contributed by atoms with van der Waals surface area (Å²) in [4.78, 5) is 29.7. The van der Waals surface area contributed by atoms with E-state index in [9.17, 15) is 14.7 Å². The first-order chi connectivity index (χ1) is 17.9. The molecule has 1 saturated heterocycles. The van der Waals surface area contributed by atoms with Crippen molar-refractivity contribution in [2.45, 2.75) is 31.3 Å². The van der Waals surface area contributed by atoms with Gasteiger partial charge < -0.3 is 14.7 Å². The molecule has 1 fully saturated rings. The van der Waals surface area contributed by atoms with Crippen LogP contribution in [0.15, 0.2) is 78.9 Å². The van der Waals surface area contributed by atoms with Gasteiger partial charge in [-0.05, 0) is 55.3 Å². The molecule has 4 rings (SSSR count). The lowest BCUT2D eigenvalue weighted by atomic mass is 9.90. The largest absolute Gasteiger partial charge is 0.496 e. The molecule has 3 aromatic carbocycles. The van der Waals surface area contributed by atoms with E-state index in [1.54, 1.807) is 7.11 Å². The SMILES string of the molecule is COc1ccc(C#CCN(C)C2CC(C(=O)O)N(C(=O)C(c3ccccc3)c3ccccc3)C2)cc1C. The number of hydrogen-bond acceptors (Lipinski definition) is 4. The van der Waals surface area contributed by atoms with E-state index in [2.05, 4.69) is 11.8 Å². The van der Waals surface area contributed by atoms with Crippen molar-refractivity contribution in [2.24, 2.45) is 0 Å². The molecule has 0 radical (unpaired) electrons. The van der Waals surface area contributed by atoms with E-state index >= 15 is 0 Å². The number of carbonyl (C=O) groups is 2. The van der Waals surface area contributed by atoms with Crippen molar-refractivity contribution in [1.29, 1.82) is 0 Å². The van der Waals surface area contributed by atoms with Gasteiger partial charge in [0.2, 0.25) is 5.91 Å². The maximum Gasteiger partial charge on any atom is 0.326 e. The monoisotopic (exact) mass is 496 g/mol. The van der Waals surface area contributed by atoms with Crippen LogP contribution in [-0.4, -0.2) is 66.1 Å². The highest BCUT2D eigenvalue weighted by molar-refractivity contribution is 5.91. The van der Waals surface area contributed by atoms with Gasteiger partial charge in [0.25, 0.3) is 0 Å². The zero-order valence-corrected chi connectivity index (χ0v) is 21.4. The summed E-state index contributed by atoms with van der Waals surface area (Å²) in [6.45, 7) is 2.78. The Balaban J connectivity index is 1.52. The molecule has 1 N–H and O–H groups in total. The molecule has 6 nitrogen and oxygen atoms in total. The lowest BCUT2D eigenvalue weighted by Crippen LogP contribution is -2.43. The smallest absolute Gasteiger partial charge is 0.326 e. The molecule has 6 heteroatoms. The van der Waals surface area contributed by atoms with Crippen LogP contribution >= 0.6 is 0 Å². The van der Waals surface area contributed by atoms with Gasteiger partial charge >= 0.3 is 5.97 Å². The number of rotatable bonds is 7. The summed E-state index contributed by atoms with van der Waals surface area (Å²) in [6.07, 6.45) is 0.358. The Morgan fingerprint density at radius 1 is 1.05 bits per heavy atom. The summed E-state index contributed by atoms with van der Waals surface area (Å²) < 4.78 is 5.31. The van der Waals surface area contributed by atoms with Gasteiger partial charge in [0.15, 0.2) is 0 Å². The van der Waals surface area contributed by atoms with Gasteiger partial charge in [-0.1, -0.05) is 72.5 Å². The van der Waals surface area contributed by atoms with Gasteiger partial charge in [-0.3, -0.25) is 9.69 Å². The van der Waals surface area contributed by atoms with E-state index < -0.39 is 17.9 Å². The van der Waals surface area contributed by atoms with E-state index in [4.69, 9.17) is 4.74 Å². The molecule has 190 valence electrons. The maximum atomic E-state index is 13.9. The molecular formula is C31H32N2O4. The Hall–Kier alpha value is -4.08. The predicted octanol–water partition coefficient (Wildman–Crippen LogP) is 4.17. The van der Waals surface area contributed by atoms with Crippen molar-refractivity contribution in [2.75, 3.05) is 27.2 Å². The zero-order chi connectivity index (χ0) is 26.4. The Bertz CT molecular complexity index is 1260. The third kappa shape index (κ3) is 6.02. The molecule has 1 aliphatic rings. The molecule has 0 aliphatic carbocycles. The number of hydrogen-bond donors (Lipinski definition) is 1. The normalized spacial score (nSPS) is 16.9. The summed E-state index contributed by atoms with van der Waals surface area (Å²) in [5.74, 6) is 5.45. The van der Waals surface area contributed by atoms with E-state index in [0.717, 1.165) is 28.0 Å². The van der Waals surface area contributed by atoms with Crippen LogP contribution in [0, 0.1) is 18.8 Å². The molecule has 0 saturated carbocycles. The van der Waals surface area contributed by atoms with Crippen molar-refractivity contribution in [3.8, 4) is 17.6 Å². The average molecular weight is 497 g/mol. The number of methoxy groups -OCH3 is 1. The summed E-state index contributed by atoms with van der Waals surface area (Å²) in [7, 11) is 3.57. The van der Waals surface area contributed by atoms with Crippen LogP contribution in [-0.2, 0) is 9.59 Å². The van der Waals surface area contributed by atoms with E-state index in [-0.39, 0.29) is 11.9 Å². The summed E-state index contributed by atoms with van der Waals surface area (Å²) in [5, 5.41) is 10.00. The van der Waals surface area contributed by atoms with E-state index in [0.29, 0.717) is 19.5 Å². The van der Waals surface area contributed by atoms with Crippen molar-refractivity contribution in [1.82, 2.24) is 9.80 Å². The minimum atomic E-state index is -0.982. The summed E-state index contributed by atoms with van der Waals surface area (Å²) in [6, 6.07) is 23.9. The molecule has 0 spiro atoms. The molecule has 1 aliphatic heterocycles. The fraction of sp³-hybridized carbons (Fsp3) is 0.290. The van der Waals surface area contributed by atoms with Gasteiger partial charge in [-0.15, -0.1) is 0 Å². The number of aliphatic carboxylic acids is 1. The average Bonchev–Trinajstić information content (AvgIpc) is 3.36. The Morgan fingerprint density at radius 3 is 2.22 bits per heavy atom. The zero-order valence-electron chi connectivity index (χ0n) is 21.4. The topological polar surface area (TPSA) is 70.1 Å². The van der Waals surface area contributed by atoms with Crippen LogP contribution in [0.4, 0.5) is 0 Å². The number of likely N-dealkylation sites (N-methyl/N-ethyl adjacent to an activating group) is 1. The number of nitrogens with zero attached hydrogens (tertiary/aromatic N) is 2. The summed E-state index contributed by atoms with van der Waals surface area (Å²) >= 11 is 0. The van der Waals surface area contributed by atoms with Crippen molar-refractivity contribution in [3.05, 3.63) is 101 Å². The lowest BCUT2D eigenvalue weighted by Gasteiger charge is -2.28. The number of aryl methyl sites for hydroxylation is 1. The van der Waals surface area contributed by atoms with Crippen LogP contribution in [0.5, 0.6) is 5.75 Å². The summed E-state index contributed by atoms with van der Waals surface area (Å²) in [5.41, 5.74) is 3.61. The number of carboxylic acids is 1. The molecule has 3 aromatic rings. The fourth-order valence-corrected chi connectivity index (χ4v) is 4.90. The number of carboxylic acid groups (broad SMARTS) is 1. The quantitative estimate of drug-likeness (QED) is 0.497. The second-order valence-electron chi connectivity index (χ2n) is 9.39. The Labute approximate surface area is 218 Å². The molecule has 37 heavy (non-hydrogen) atoms. The number of carbonyl (C=O) groups excluding carboxylic acids is 1. The Kier molecular flexibility index (Phi) is 8.27. The van der Waals surface area contributed by atoms with Crippen molar-refractivity contribution < 1.29 is 19.4 Å². The van der Waals surface area contributed by atoms with Gasteiger partial charge in [-0.25, -0.2) is 4.79 Å². The van der Waals surface area contributed by atoms with Gasteiger partial charge in [0.1, 0.15) is 11.8 Å². The minimum Gasteiger partial charge on any atom is -0.496 e. The number of likely N-dealkylation sites (tertiary alicyclic amines) is 1. The molecule has 2 unspecified atom stereocenters. The molecule has 2 atom stereocenters. The highest BCUT2D eigenvalue weighted by Crippen LogP contribution is 2.31. The van der Waals surface area contributed by atoms with Crippen LogP contribution in [0.3, 0.4) is 0 Å². The van der Waals surface area contributed by atoms with E-state index in [1.807, 2.05) is 97.7 Å². The van der Waals surface area contributed by atoms with Crippen LogP contribution in [0.25, 0.3) is 0 Å². The second kappa shape index (κ2) is 11.8. The lowest BCUT2D eigenvalue weighted by molar-refractivity contribution is -0.148. The van der Waals surface area contributed by atoms with Crippen LogP contribution < -0.4 is 4.74 Å². The fourth-order valence-electron chi connectivity index (χ4n) is 4.90. The Morgan fingerprint density at radius 2 is 1.68 bits per heavy atom. The number of benzene rings is 3. The maximum absolute atomic E-state index is 13.9. The van der Waals surface area contributed by atoms with Gasteiger partial charge in [-0.2, -0.15) is 0 Å². The molecular weight excluding hydrogens is 464 g/mol. The van der Waals surface area contributed by atoms with Crippen molar-refractivity contribution in [3.63, 3.8) is 0 Å². The highest BCUT2D eigenvalue weighted by atomic mass is 16.5. The molecule has 1 amide bonds. The van der Waals surface area contributed by atoms with Gasteiger partial charge in [0, 0.05) is 18.2 Å². The number of ether oxygens (including phenoxy) is 1. The third-order valence-electron chi connectivity index (χ3n) is 6.94. The van der Waals surface area contributed by atoms with Crippen molar-refractivity contribution >= 4 is 11.9 Å². The van der Waals surface area contributed by atoms with Gasteiger partial charge in [0.05, 0.1) is 19.6 Å².